The molecule has 0 aliphatic carbocycles. The Kier molecular flexibility index (Phi) is 5.35. The summed E-state index contributed by atoms with van der Waals surface area (Å²) in [5, 5.41) is 4.31. The molecule has 0 bridgehead atoms. The predicted octanol–water partition coefficient (Wildman–Crippen LogP) is 1.91. The van der Waals surface area contributed by atoms with E-state index in [1.807, 2.05) is 31.1 Å². The Morgan fingerprint density at radius 1 is 1.19 bits per heavy atom. The number of nitrogens with zero attached hydrogens (tertiary/aromatic N) is 3. The minimum absolute atomic E-state index is 0.624. The number of hydrogen-bond acceptors (Lipinski definition) is 7. The fourth-order valence-corrected chi connectivity index (χ4v) is 2.67. The van der Waals surface area contributed by atoms with Crippen molar-refractivity contribution < 1.29 is 9.47 Å². The Hall–Kier alpha value is -1.86. The van der Waals surface area contributed by atoms with Crippen molar-refractivity contribution in [1.29, 1.82) is 0 Å². The van der Waals surface area contributed by atoms with E-state index in [-0.39, 0.29) is 0 Å². The molecule has 0 saturated carbocycles. The lowest BCUT2D eigenvalue weighted by atomic mass is 10.3. The number of nitrogens with one attached hydrogen (secondary N) is 1. The van der Waals surface area contributed by atoms with Crippen LogP contribution < -0.4 is 19.7 Å². The van der Waals surface area contributed by atoms with E-state index in [2.05, 4.69) is 15.3 Å². The van der Waals surface area contributed by atoms with E-state index in [9.17, 15) is 0 Å². The molecule has 0 fully saturated rings. The van der Waals surface area contributed by atoms with E-state index in [0.29, 0.717) is 18.3 Å². The quantitative estimate of drug-likeness (QED) is 0.843. The van der Waals surface area contributed by atoms with Gasteiger partial charge in [0.05, 0.1) is 19.1 Å². The summed E-state index contributed by atoms with van der Waals surface area (Å²) in [5.41, 5.74) is 1.10. The van der Waals surface area contributed by atoms with Gasteiger partial charge in [0, 0.05) is 39.4 Å². The van der Waals surface area contributed by atoms with Gasteiger partial charge in [0.15, 0.2) is 5.13 Å². The van der Waals surface area contributed by atoms with Crippen LogP contribution >= 0.6 is 11.3 Å². The second-order valence-corrected chi connectivity index (χ2v) is 5.70. The largest absolute Gasteiger partial charge is 0.481 e. The Bertz CT molecular complexity index is 569. The van der Waals surface area contributed by atoms with Gasteiger partial charge in [0.1, 0.15) is 0 Å². The minimum Gasteiger partial charge on any atom is -0.481 e. The standard InChI is InChI=1S/C14H20N4O2S/c1-18(2)14-17-13(20-4)11(21-14)9-15-7-10-5-6-12(19-3)16-8-10/h5-6,8,15H,7,9H2,1-4H3. The Morgan fingerprint density at radius 2 is 2.00 bits per heavy atom. The highest BCUT2D eigenvalue weighted by molar-refractivity contribution is 7.15. The maximum absolute atomic E-state index is 5.31. The molecular weight excluding hydrogens is 288 g/mol. The van der Waals surface area contributed by atoms with Crippen LogP contribution in [0.15, 0.2) is 18.3 Å². The summed E-state index contributed by atoms with van der Waals surface area (Å²) in [6, 6.07) is 3.85. The van der Waals surface area contributed by atoms with E-state index in [1.54, 1.807) is 31.8 Å². The van der Waals surface area contributed by atoms with E-state index in [0.717, 1.165) is 22.1 Å². The SMILES string of the molecule is COc1ccc(CNCc2sc(N(C)C)nc2OC)cn1. The third-order valence-electron chi connectivity index (χ3n) is 2.85. The summed E-state index contributed by atoms with van der Waals surface area (Å²) >= 11 is 1.63. The molecular formula is C14H20N4O2S. The van der Waals surface area contributed by atoms with Crippen LogP contribution in [0, 0.1) is 0 Å². The molecule has 2 rings (SSSR count). The van der Waals surface area contributed by atoms with Gasteiger partial charge in [-0.3, -0.25) is 0 Å². The molecule has 114 valence electrons. The summed E-state index contributed by atoms with van der Waals surface area (Å²) in [6.07, 6.45) is 1.81. The van der Waals surface area contributed by atoms with Crippen LogP contribution in [0.25, 0.3) is 0 Å². The fourth-order valence-electron chi connectivity index (χ4n) is 1.74. The Labute approximate surface area is 128 Å². The second-order valence-electron chi connectivity index (χ2n) is 4.64. The first-order valence-electron chi connectivity index (χ1n) is 6.54. The molecule has 0 amide bonds. The average molecular weight is 308 g/mol. The van der Waals surface area contributed by atoms with Crippen LogP contribution in [-0.4, -0.2) is 38.3 Å². The van der Waals surface area contributed by atoms with Crippen molar-refractivity contribution in [3.63, 3.8) is 0 Å². The van der Waals surface area contributed by atoms with Crippen LogP contribution in [0.5, 0.6) is 11.8 Å². The smallest absolute Gasteiger partial charge is 0.230 e. The van der Waals surface area contributed by atoms with Gasteiger partial charge in [-0.2, -0.15) is 4.98 Å². The zero-order chi connectivity index (χ0) is 15.2. The first kappa shape index (κ1) is 15.5. The zero-order valence-corrected chi connectivity index (χ0v) is 13.5. The average Bonchev–Trinajstić information content (AvgIpc) is 2.91. The molecule has 0 aliphatic heterocycles. The molecule has 1 N–H and O–H groups in total. The molecule has 0 aromatic carbocycles. The summed E-state index contributed by atoms with van der Waals surface area (Å²) in [5.74, 6) is 1.31. The van der Waals surface area contributed by atoms with Gasteiger partial charge in [0.2, 0.25) is 11.8 Å². The van der Waals surface area contributed by atoms with Gasteiger partial charge in [-0.15, -0.1) is 0 Å². The van der Waals surface area contributed by atoms with Gasteiger partial charge in [-0.05, 0) is 5.56 Å². The van der Waals surface area contributed by atoms with Crippen molar-refractivity contribution in [1.82, 2.24) is 15.3 Å². The van der Waals surface area contributed by atoms with Crippen molar-refractivity contribution in [2.75, 3.05) is 33.2 Å². The lowest BCUT2D eigenvalue weighted by Gasteiger charge is -2.05. The maximum atomic E-state index is 5.31. The number of ether oxygens (including phenoxy) is 2. The highest BCUT2D eigenvalue weighted by Gasteiger charge is 2.12. The molecule has 0 radical (unpaired) electrons. The monoisotopic (exact) mass is 308 g/mol. The number of rotatable bonds is 7. The van der Waals surface area contributed by atoms with Crippen LogP contribution in [0.2, 0.25) is 0 Å². The summed E-state index contributed by atoms with van der Waals surface area (Å²) < 4.78 is 10.4. The minimum atomic E-state index is 0.624. The van der Waals surface area contributed by atoms with Gasteiger partial charge >= 0.3 is 0 Å². The van der Waals surface area contributed by atoms with E-state index >= 15 is 0 Å². The van der Waals surface area contributed by atoms with E-state index in [4.69, 9.17) is 9.47 Å². The molecule has 2 aromatic heterocycles. The number of anilines is 1. The number of aromatic nitrogens is 2. The molecule has 21 heavy (non-hydrogen) atoms. The second kappa shape index (κ2) is 7.24. The Morgan fingerprint density at radius 3 is 2.57 bits per heavy atom. The molecule has 0 spiro atoms. The molecule has 0 aliphatic rings. The summed E-state index contributed by atoms with van der Waals surface area (Å²) in [4.78, 5) is 11.7. The van der Waals surface area contributed by atoms with E-state index < -0.39 is 0 Å². The summed E-state index contributed by atoms with van der Waals surface area (Å²) in [7, 11) is 7.20. The first-order valence-corrected chi connectivity index (χ1v) is 7.36. The molecule has 0 atom stereocenters. The maximum Gasteiger partial charge on any atom is 0.230 e. The fraction of sp³-hybridized carbons (Fsp3) is 0.429. The van der Waals surface area contributed by atoms with Crippen LogP contribution in [0.3, 0.4) is 0 Å². The third-order valence-corrected chi connectivity index (χ3v) is 4.05. The molecule has 0 saturated heterocycles. The number of hydrogen-bond donors (Lipinski definition) is 1. The van der Waals surface area contributed by atoms with Crippen molar-refractivity contribution in [3.05, 3.63) is 28.8 Å². The topological polar surface area (TPSA) is 59.5 Å². The third kappa shape index (κ3) is 4.05. The van der Waals surface area contributed by atoms with Gasteiger partial charge in [-0.1, -0.05) is 17.4 Å². The van der Waals surface area contributed by atoms with Crippen LogP contribution in [0.1, 0.15) is 10.4 Å². The number of pyridine rings is 1. The lowest BCUT2D eigenvalue weighted by molar-refractivity contribution is 0.394. The molecule has 2 aromatic rings. The van der Waals surface area contributed by atoms with Crippen molar-refractivity contribution in [3.8, 4) is 11.8 Å². The number of methoxy groups -OCH3 is 2. The van der Waals surface area contributed by atoms with Crippen molar-refractivity contribution in [2.45, 2.75) is 13.1 Å². The van der Waals surface area contributed by atoms with Gasteiger partial charge < -0.3 is 19.7 Å². The molecule has 6 nitrogen and oxygen atoms in total. The van der Waals surface area contributed by atoms with Crippen LogP contribution in [0.4, 0.5) is 5.13 Å². The zero-order valence-electron chi connectivity index (χ0n) is 12.7. The molecule has 7 heteroatoms. The molecule has 2 heterocycles. The molecule has 0 unspecified atom stereocenters. The summed E-state index contributed by atoms with van der Waals surface area (Å²) in [6.45, 7) is 1.44. The first-order chi connectivity index (χ1) is 10.1. The van der Waals surface area contributed by atoms with Gasteiger partial charge in [0.25, 0.3) is 0 Å². The normalized spacial score (nSPS) is 10.5. The highest BCUT2D eigenvalue weighted by Crippen LogP contribution is 2.30. The van der Waals surface area contributed by atoms with Gasteiger partial charge in [-0.25, -0.2) is 4.98 Å². The predicted molar refractivity (Wildman–Crippen MR) is 84.3 cm³/mol. The van der Waals surface area contributed by atoms with E-state index in [1.165, 1.54) is 0 Å². The van der Waals surface area contributed by atoms with Crippen molar-refractivity contribution in [2.24, 2.45) is 0 Å². The highest BCUT2D eigenvalue weighted by atomic mass is 32.1. The number of thiazole rings is 1. The van der Waals surface area contributed by atoms with Crippen LogP contribution in [-0.2, 0) is 13.1 Å². The Balaban J connectivity index is 1.93. The van der Waals surface area contributed by atoms with Crippen molar-refractivity contribution >= 4 is 16.5 Å². The lowest BCUT2D eigenvalue weighted by Crippen LogP contribution is -2.12.